The maximum absolute atomic E-state index is 12.4. The van der Waals surface area contributed by atoms with E-state index in [4.69, 9.17) is 23.2 Å². The molecule has 96 valence electrons. The number of carbonyl (C=O) groups is 2. The fourth-order valence-electron chi connectivity index (χ4n) is 1.74. The Labute approximate surface area is 121 Å². The number of carbonyl (C=O) groups excluding carboxylic acids is 2. The maximum atomic E-state index is 12.4. The zero-order chi connectivity index (χ0) is 14.0. The summed E-state index contributed by atoms with van der Waals surface area (Å²) >= 11 is 11.9. The van der Waals surface area contributed by atoms with E-state index in [0.717, 1.165) is 5.56 Å². The van der Waals surface area contributed by atoms with Crippen LogP contribution in [0.25, 0.3) is 0 Å². The van der Waals surface area contributed by atoms with Gasteiger partial charge in [-0.05, 0) is 19.1 Å². The molecule has 2 nitrogen and oxygen atoms in total. The highest BCUT2D eigenvalue weighted by atomic mass is 35.5. The smallest absolute Gasteiger partial charge is 0.195 e. The van der Waals surface area contributed by atoms with E-state index in [1.54, 1.807) is 12.1 Å². The van der Waals surface area contributed by atoms with Gasteiger partial charge in [0.2, 0.25) is 0 Å². The van der Waals surface area contributed by atoms with Gasteiger partial charge in [0, 0.05) is 11.1 Å². The lowest BCUT2D eigenvalue weighted by molar-refractivity contribution is 0.102. The zero-order valence-electron chi connectivity index (χ0n) is 10.1. The Bertz CT molecular complexity index is 646. The molecule has 2 aromatic carbocycles. The number of rotatable bonds is 3. The molecule has 0 bridgehead atoms. The summed E-state index contributed by atoms with van der Waals surface area (Å²) in [6.07, 6.45) is 0.601. The van der Waals surface area contributed by atoms with Crippen molar-refractivity contribution < 1.29 is 9.59 Å². The van der Waals surface area contributed by atoms with E-state index in [1.807, 2.05) is 19.1 Å². The van der Waals surface area contributed by atoms with Gasteiger partial charge in [0.15, 0.2) is 12.1 Å². The molecule has 0 saturated carbocycles. The Morgan fingerprint density at radius 2 is 1.68 bits per heavy atom. The molecule has 0 aromatic heterocycles. The lowest BCUT2D eigenvalue weighted by Crippen LogP contribution is -2.06. The minimum Gasteiger partial charge on any atom is -0.298 e. The molecule has 2 rings (SSSR count). The molecule has 0 aliphatic heterocycles. The molecule has 0 atom stereocenters. The van der Waals surface area contributed by atoms with E-state index in [9.17, 15) is 9.59 Å². The van der Waals surface area contributed by atoms with Crippen LogP contribution in [0.5, 0.6) is 0 Å². The van der Waals surface area contributed by atoms with Crippen molar-refractivity contribution in [3.8, 4) is 0 Å². The minimum absolute atomic E-state index is 0.108. The van der Waals surface area contributed by atoms with Crippen LogP contribution < -0.4 is 0 Å². The molecule has 0 aliphatic rings. The van der Waals surface area contributed by atoms with E-state index >= 15 is 0 Å². The highest BCUT2D eigenvalue weighted by molar-refractivity contribution is 6.44. The number of halogens is 2. The first-order valence-corrected chi connectivity index (χ1v) is 6.34. The molecule has 0 saturated heterocycles. The van der Waals surface area contributed by atoms with Gasteiger partial charge in [-0.1, -0.05) is 53.0 Å². The second kappa shape index (κ2) is 5.55. The molecule has 0 aliphatic carbocycles. The van der Waals surface area contributed by atoms with Gasteiger partial charge < -0.3 is 0 Å². The van der Waals surface area contributed by atoms with Crippen molar-refractivity contribution in [3.63, 3.8) is 0 Å². The van der Waals surface area contributed by atoms with Gasteiger partial charge in [0.1, 0.15) is 0 Å². The second-order valence-corrected chi connectivity index (χ2v) is 4.92. The van der Waals surface area contributed by atoms with Crippen LogP contribution in [0, 0.1) is 6.92 Å². The third kappa shape index (κ3) is 2.70. The second-order valence-electron chi connectivity index (χ2n) is 4.14. The van der Waals surface area contributed by atoms with Crippen molar-refractivity contribution in [2.75, 3.05) is 0 Å². The summed E-state index contributed by atoms with van der Waals surface area (Å²) in [7, 11) is 0. The third-order valence-electron chi connectivity index (χ3n) is 2.79. The average Bonchev–Trinajstić information content (AvgIpc) is 2.42. The standard InChI is InChI=1S/C15H10Cl2O2/c1-9-2-4-10(5-3-9)15(19)13-11(8-18)6-7-12(16)14(13)17/h2-8H,1H3. The number of benzene rings is 2. The number of aldehydes is 1. The molecule has 0 spiro atoms. The third-order valence-corrected chi connectivity index (χ3v) is 3.60. The van der Waals surface area contributed by atoms with Crippen molar-refractivity contribution in [3.05, 3.63) is 68.7 Å². The van der Waals surface area contributed by atoms with Crippen LogP contribution in [0.15, 0.2) is 36.4 Å². The van der Waals surface area contributed by atoms with Gasteiger partial charge in [-0.3, -0.25) is 9.59 Å². The number of hydrogen-bond donors (Lipinski definition) is 0. The average molecular weight is 293 g/mol. The molecule has 0 amide bonds. The number of ketones is 1. The minimum atomic E-state index is -0.311. The van der Waals surface area contributed by atoms with Crippen LogP contribution >= 0.6 is 23.2 Å². The molecule has 0 radical (unpaired) electrons. The molecular weight excluding hydrogens is 283 g/mol. The molecule has 0 N–H and O–H groups in total. The summed E-state index contributed by atoms with van der Waals surface area (Å²) < 4.78 is 0. The highest BCUT2D eigenvalue weighted by Gasteiger charge is 2.19. The van der Waals surface area contributed by atoms with Gasteiger partial charge in [-0.2, -0.15) is 0 Å². The van der Waals surface area contributed by atoms with Gasteiger partial charge in [0.05, 0.1) is 15.6 Å². The monoisotopic (exact) mass is 292 g/mol. The van der Waals surface area contributed by atoms with Crippen molar-refractivity contribution in [1.29, 1.82) is 0 Å². The topological polar surface area (TPSA) is 34.1 Å². The largest absolute Gasteiger partial charge is 0.298 e. The Balaban J connectivity index is 2.58. The highest BCUT2D eigenvalue weighted by Crippen LogP contribution is 2.30. The predicted octanol–water partition coefficient (Wildman–Crippen LogP) is 4.35. The van der Waals surface area contributed by atoms with E-state index in [2.05, 4.69) is 0 Å². The predicted molar refractivity (Wildman–Crippen MR) is 76.5 cm³/mol. The van der Waals surface area contributed by atoms with Crippen molar-refractivity contribution >= 4 is 35.3 Å². The van der Waals surface area contributed by atoms with Gasteiger partial charge in [-0.15, -0.1) is 0 Å². The Kier molecular flexibility index (Phi) is 4.03. The molecule has 0 heterocycles. The van der Waals surface area contributed by atoms with E-state index in [-0.39, 0.29) is 27.0 Å². The first kappa shape index (κ1) is 13.8. The summed E-state index contributed by atoms with van der Waals surface area (Å²) in [6.45, 7) is 1.93. The summed E-state index contributed by atoms with van der Waals surface area (Å²) in [5.74, 6) is -0.311. The van der Waals surface area contributed by atoms with Crippen LogP contribution in [0.4, 0.5) is 0 Å². The SMILES string of the molecule is Cc1ccc(C(=O)c2c(C=O)ccc(Cl)c2Cl)cc1. The summed E-state index contributed by atoms with van der Waals surface area (Å²) in [6, 6.07) is 10.0. The van der Waals surface area contributed by atoms with Crippen LogP contribution in [0.1, 0.15) is 31.8 Å². The molecular formula is C15H10Cl2O2. The molecule has 2 aromatic rings. The van der Waals surface area contributed by atoms with E-state index < -0.39 is 0 Å². The quantitative estimate of drug-likeness (QED) is 0.623. The van der Waals surface area contributed by atoms with E-state index in [1.165, 1.54) is 12.1 Å². The maximum Gasteiger partial charge on any atom is 0.195 e. The Morgan fingerprint density at radius 1 is 1.05 bits per heavy atom. The first-order chi connectivity index (χ1) is 9.04. The number of aryl methyl sites for hydroxylation is 1. The lowest BCUT2D eigenvalue weighted by atomic mass is 9.98. The normalized spacial score (nSPS) is 10.3. The first-order valence-electron chi connectivity index (χ1n) is 5.59. The van der Waals surface area contributed by atoms with Crippen LogP contribution in [0.3, 0.4) is 0 Å². The van der Waals surface area contributed by atoms with Crippen molar-refractivity contribution in [2.24, 2.45) is 0 Å². The van der Waals surface area contributed by atoms with Crippen molar-refractivity contribution in [1.82, 2.24) is 0 Å². The zero-order valence-corrected chi connectivity index (χ0v) is 11.6. The van der Waals surface area contributed by atoms with Crippen molar-refractivity contribution in [2.45, 2.75) is 6.92 Å². The van der Waals surface area contributed by atoms with Crippen LogP contribution in [0.2, 0.25) is 10.0 Å². The molecule has 4 heteroatoms. The van der Waals surface area contributed by atoms with Crippen LogP contribution in [-0.4, -0.2) is 12.1 Å². The Morgan fingerprint density at radius 3 is 2.26 bits per heavy atom. The molecule has 0 unspecified atom stereocenters. The number of hydrogen-bond acceptors (Lipinski definition) is 2. The van der Waals surface area contributed by atoms with Gasteiger partial charge in [-0.25, -0.2) is 0 Å². The molecule has 19 heavy (non-hydrogen) atoms. The van der Waals surface area contributed by atoms with Crippen LogP contribution in [-0.2, 0) is 0 Å². The van der Waals surface area contributed by atoms with E-state index in [0.29, 0.717) is 11.8 Å². The fraction of sp³-hybridized carbons (Fsp3) is 0.0667. The lowest BCUT2D eigenvalue weighted by Gasteiger charge is -2.08. The molecule has 0 fully saturated rings. The van der Waals surface area contributed by atoms with Gasteiger partial charge in [0.25, 0.3) is 0 Å². The summed E-state index contributed by atoms with van der Waals surface area (Å²) in [5.41, 5.74) is 1.90. The Hall–Kier alpha value is -1.64. The van der Waals surface area contributed by atoms with Gasteiger partial charge >= 0.3 is 0 Å². The summed E-state index contributed by atoms with van der Waals surface area (Å²) in [5, 5.41) is 0.361. The fourth-order valence-corrected chi connectivity index (χ4v) is 2.16. The summed E-state index contributed by atoms with van der Waals surface area (Å²) in [4.78, 5) is 23.4.